The van der Waals surface area contributed by atoms with Crippen molar-refractivity contribution in [3.8, 4) is 0 Å². The zero-order chi connectivity index (χ0) is 17.3. The van der Waals surface area contributed by atoms with E-state index in [4.69, 9.17) is 9.16 Å². The Balaban J connectivity index is 0.00000169. The summed E-state index contributed by atoms with van der Waals surface area (Å²) in [5, 5.41) is 0. The SMILES string of the molecule is CCOC1=[C]([Zr+2][CH]2C(C)=Cc3ccccc32)CC=C1O[Si](C)(C)C.[Cl-].[Cl-]. The first-order chi connectivity index (χ1) is 11.4. The van der Waals surface area contributed by atoms with Gasteiger partial charge < -0.3 is 24.8 Å². The molecule has 0 saturated heterocycles. The van der Waals surface area contributed by atoms with Crippen LogP contribution in [-0.4, -0.2) is 14.9 Å². The predicted octanol–water partition coefficient (Wildman–Crippen LogP) is -0.378. The Labute approximate surface area is 182 Å². The van der Waals surface area contributed by atoms with Crippen molar-refractivity contribution in [2.24, 2.45) is 0 Å². The molecule has 140 valence electrons. The van der Waals surface area contributed by atoms with Crippen molar-refractivity contribution in [2.75, 3.05) is 6.61 Å². The average molecular weight is 489 g/mol. The number of hydrogen-bond acceptors (Lipinski definition) is 2. The largest absolute Gasteiger partial charge is 1.00 e. The van der Waals surface area contributed by atoms with Crippen LogP contribution >= 0.6 is 0 Å². The molecule has 3 rings (SSSR count). The van der Waals surface area contributed by atoms with E-state index in [1.165, 1.54) is 16.7 Å². The van der Waals surface area contributed by atoms with Gasteiger partial charge in [0.25, 0.3) is 0 Å². The van der Waals surface area contributed by atoms with Gasteiger partial charge in [0.1, 0.15) is 0 Å². The Bertz CT molecular complexity index is 736. The van der Waals surface area contributed by atoms with Crippen LogP contribution in [0.3, 0.4) is 0 Å². The number of fused-ring (bicyclic) bond motifs is 1. The Hall–Kier alpha value is -0.280. The molecule has 2 aliphatic carbocycles. The summed E-state index contributed by atoms with van der Waals surface area (Å²) in [4.78, 5) is 0. The van der Waals surface area contributed by atoms with Crippen molar-refractivity contribution in [2.45, 2.75) is 43.5 Å². The summed E-state index contributed by atoms with van der Waals surface area (Å²) in [6.45, 7) is 11.8. The molecule has 2 nitrogen and oxygen atoms in total. The number of allylic oxidation sites excluding steroid dienone is 3. The van der Waals surface area contributed by atoms with Gasteiger partial charge in [-0.05, 0) is 0 Å². The average Bonchev–Trinajstić information content (AvgIpc) is 3.01. The molecule has 0 amide bonds. The zero-order valence-corrected chi connectivity index (χ0v) is 21.0. The van der Waals surface area contributed by atoms with Gasteiger partial charge in [0.05, 0.1) is 0 Å². The van der Waals surface area contributed by atoms with E-state index in [-0.39, 0.29) is 24.8 Å². The molecule has 0 aromatic heterocycles. The molecule has 6 heteroatoms. The summed E-state index contributed by atoms with van der Waals surface area (Å²) < 4.78 is 14.5. The van der Waals surface area contributed by atoms with E-state index < -0.39 is 31.6 Å². The van der Waals surface area contributed by atoms with Gasteiger partial charge in [-0.15, -0.1) is 0 Å². The first-order valence-electron chi connectivity index (χ1n) is 8.68. The fourth-order valence-electron chi connectivity index (χ4n) is 3.22. The molecule has 0 radical (unpaired) electrons. The van der Waals surface area contributed by atoms with Crippen LogP contribution in [-0.2, 0) is 32.4 Å². The van der Waals surface area contributed by atoms with Crippen molar-refractivity contribution < 1.29 is 57.2 Å². The van der Waals surface area contributed by atoms with Crippen molar-refractivity contribution in [1.29, 1.82) is 0 Å². The van der Waals surface area contributed by atoms with Crippen LogP contribution in [0, 0.1) is 0 Å². The van der Waals surface area contributed by atoms with Gasteiger partial charge in [-0.3, -0.25) is 0 Å². The summed E-state index contributed by atoms with van der Waals surface area (Å²) in [5.74, 6) is 2.09. The monoisotopic (exact) mass is 486 g/mol. The zero-order valence-electron chi connectivity index (χ0n) is 16.0. The number of halogens is 2. The van der Waals surface area contributed by atoms with Gasteiger partial charge in [0, 0.05) is 0 Å². The van der Waals surface area contributed by atoms with Gasteiger partial charge in [-0.2, -0.15) is 0 Å². The number of rotatable bonds is 6. The summed E-state index contributed by atoms with van der Waals surface area (Å²) in [6.07, 6.45) is 5.64. The fourth-order valence-corrected chi connectivity index (χ4v) is 8.05. The molecule has 0 heterocycles. The standard InChI is InChI=1S/C10H17O2Si.C10H9.2ClH.Zr/c1-5-11-9-7-6-8-10(9)12-13(2,3)4;1-8-6-9-4-2-3-5-10(9)7-8;;;/h8H,5-6H2,1-4H3;2-7H,1H3;2*1H;/q;;;;+2/p-2. The van der Waals surface area contributed by atoms with Crippen LogP contribution < -0.4 is 24.8 Å². The van der Waals surface area contributed by atoms with Crippen LogP contribution in [0.25, 0.3) is 6.08 Å². The molecule has 1 aromatic rings. The second-order valence-corrected chi connectivity index (χ2v) is 15.4. The minimum atomic E-state index is -1.61. The van der Waals surface area contributed by atoms with Crippen molar-refractivity contribution in [3.63, 3.8) is 0 Å². The van der Waals surface area contributed by atoms with Gasteiger partial charge in [-0.25, -0.2) is 0 Å². The van der Waals surface area contributed by atoms with Crippen LogP contribution in [0.5, 0.6) is 0 Å². The summed E-state index contributed by atoms with van der Waals surface area (Å²) in [6, 6.07) is 8.85. The maximum atomic E-state index is 6.28. The van der Waals surface area contributed by atoms with E-state index in [0.717, 1.165) is 17.9 Å². The normalized spacial score (nSPS) is 18.1. The quantitative estimate of drug-likeness (QED) is 0.509. The predicted molar refractivity (Wildman–Crippen MR) is 98.6 cm³/mol. The van der Waals surface area contributed by atoms with Crippen LogP contribution in [0.4, 0.5) is 0 Å². The molecule has 0 N–H and O–H groups in total. The number of benzene rings is 1. The summed E-state index contributed by atoms with van der Waals surface area (Å²) in [5.41, 5.74) is 4.44. The molecule has 2 aliphatic rings. The molecule has 1 aromatic carbocycles. The van der Waals surface area contributed by atoms with Gasteiger partial charge in [-0.1, -0.05) is 0 Å². The van der Waals surface area contributed by atoms with E-state index in [1.807, 2.05) is 0 Å². The smallest absolute Gasteiger partial charge is 1.00 e. The minimum Gasteiger partial charge on any atom is -1.00 e. The van der Waals surface area contributed by atoms with Crippen molar-refractivity contribution in [1.82, 2.24) is 0 Å². The van der Waals surface area contributed by atoms with Crippen molar-refractivity contribution in [3.05, 3.63) is 61.8 Å². The Kier molecular flexibility index (Phi) is 8.93. The number of ether oxygens (including phenoxy) is 1. The Morgan fingerprint density at radius 1 is 1.15 bits per heavy atom. The molecule has 1 unspecified atom stereocenters. The van der Waals surface area contributed by atoms with E-state index in [0.29, 0.717) is 10.2 Å². The second-order valence-electron chi connectivity index (χ2n) is 7.32. The first-order valence-corrected chi connectivity index (χ1v) is 14.7. The summed E-state index contributed by atoms with van der Waals surface area (Å²) >= 11 is -0.809. The van der Waals surface area contributed by atoms with Crippen LogP contribution in [0.15, 0.2) is 50.7 Å². The molecular formula is C20H26Cl2O2SiZr. The summed E-state index contributed by atoms with van der Waals surface area (Å²) in [7, 11) is -1.61. The van der Waals surface area contributed by atoms with Crippen LogP contribution in [0.2, 0.25) is 19.6 Å². The van der Waals surface area contributed by atoms with Crippen LogP contribution in [0.1, 0.15) is 35.0 Å². The fraction of sp³-hybridized carbons (Fsp3) is 0.400. The van der Waals surface area contributed by atoms with Gasteiger partial charge in [0.15, 0.2) is 0 Å². The molecule has 26 heavy (non-hydrogen) atoms. The van der Waals surface area contributed by atoms with E-state index in [2.05, 4.69) is 69.9 Å². The van der Waals surface area contributed by atoms with E-state index >= 15 is 0 Å². The topological polar surface area (TPSA) is 18.5 Å². The van der Waals surface area contributed by atoms with E-state index in [9.17, 15) is 0 Å². The maximum Gasteiger partial charge on any atom is -1.00 e. The minimum absolute atomic E-state index is 0. The van der Waals surface area contributed by atoms with Gasteiger partial charge >= 0.3 is 159 Å². The molecule has 0 spiro atoms. The third kappa shape index (κ3) is 5.38. The molecule has 0 aliphatic heterocycles. The van der Waals surface area contributed by atoms with Crippen molar-refractivity contribution >= 4 is 14.4 Å². The second kappa shape index (κ2) is 9.78. The third-order valence-electron chi connectivity index (χ3n) is 4.16. The molecule has 1 atom stereocenters. The third-order valence-corrected chi connectivity index (χ3v) is 9.50. The van der Waals surface area contributed by atoms with Gasteiger partial charge in [0.2, 0.25) is 0 Å². The molecule has 0 saturated carbocycles. The first kappa shape index (κ1) is 23.8. The Morgan fingerprint density at radius 2 is 1.85 bits per heavy atom. The maximum absolute atomic E-state index is 6.28. The van der Waals surface area contributed by atoms with E-state index in [1.54, 1.807) is 3.28 Å². The molecule has 0 fully saturated rings. The molecular weight excluding hydrogens is 462 g/mol. The number of hydrogen-bond donors (Lipinski definition) is 0. The Morgan fingerprint density at radius 3 is 2.50 bits per heavy atom. The molecule has 0 bridgehead atoms.